The molecule has 0 aliphatic carbocycles. The maximum absolute atomic E-state index is 12.5. The standard InChI is InChI=1S/C12H18ClNO3S/c1-9-4-3-7-14(10(9)2)18(15,16)12-6-5-11(8-13)17-12/h5-6,9-10H,3-4,7-8H2,1-2H3. The highest BCUT2D eigenvalue weighted by Gasteiger charge is 2.36. The van der Waals surface area contributed by atoms with Gasteiger partial charge in [0.15, 0.2) is 0 Å². The number of hydrogen-bond acceptors (Lipinski definition) is 3. The van der Waals surface area contributed by atoms with E-state index in [2.05, 4.69) is 6.92 Å². The number of halogens is 1. The fourth-order valence-corrected chi connectivity index (χ4v) is 4.16. The zero-order valence-corrected chi connectivity index (χ0v) is 12.2. The first-order valence-corrected chi connectivity index (χ1v) is 8.11. The average Bonchev–Trinajstić information content (AvgIpc) is 2.81. The molecule has 2 unspecified atom stereocenters. The Labute approximate surface area is 113 Å². The Kier molecular flexibility index (Phi) is 4.04. The molecule has 2 atom stereocenters. The van der Waals surface area contributed by atoms with Crippen molar-refractivity contribution in [1.29, 1.82) is 0 Å². The van der Waals surface area contributed by atoms with E-state index in [9.17, 15) is 8.42 Å². The highest BCUT2D eigenvalue weighted by molar-refractivity contribution is 7.89. The van der Waals surface area contributed by atoms with Gasteiger partial charge in [0.25, 0.3) is 10.0 Å². The third-order valence-corrected chi connectivity index (χ3v) is 5.77. The van der Waals surface area contributed by atoms with Crippen LogP contribution in [0.1, 0.15) is 32.4 Å². The molecule has 6 heteroatoms. The lowest BCUT2D eigenvalue weighted by Crippen LogP contribution is -2.45. The quantitative estimate of drug-likeness (QED) is 0.805. The van der Waals surface area contributed by atoms with Crippen LogP contribution in [0, 0.1) is 5.92 Å². The van der Waals surface area contributed by atoms with Crippen LogP contribution in [-0.2, 0) is 15.9 Å². The first-order chi connectivity index (χ1) is 8.46. The summed E-state index contributed by atoms with van der Waals surface area (Å²) in [6.45, 7) is 4.59. The minimum Gasteiger partial charge on any atom is -0.447 e. The third kappa shape index (κ3) is 2.44. The van der Waals surface area contributed by atoms with E-state index in [0.717, 1.165) is 12.8 Å². The Balaban J connectivity index is 2.30. The lowest BCUT2D eigenvalue weighted by molar-refractivity contribution is 0.198. The Morgan fingerprint density at radius 1 is 1.44 bits per heavy atom. The molecule has 1 saturated heterocycles. The maximum Gasteiger partial charge on any atom is 0.276 e. The van der Waals surface area contributed by atoms with Gasteiger partial charge < -0.3 is 4.42 Å². The van der Waals surface area contributed by atoms with Crippen LogP contribution in [0.25, 0.3) is 0 Å². The molecule has 18 heavy (non-hydrogen) atoms. The van der Waals surface area contributed by atoms with E-state index in [1.807, 2.05) is 6.92 Å². The van der Waals surface area contributed by atoms with E-state index in [1.165, 1.54) is 10.4 Å². The molecule has 0 spiro atoms. The fourth-order valence-electron chi connectivity index (χ4n) is 2.32. The molecule has 0 aromatic carbocycles. The summed E-state index contributed by atoms with van der Waals surface area (Å²) in [7, 11) is -3.53. The van der Waals surface area contributed by atoms with Crippen LogP contribution >= 0.6 is 11.6 Å². The fraction of sp³-hybridized carbons (Fsp3) is 0.667. The Bertz CT molecular complexity index is 511. The van der Waals surface area contributed by atoms with E-state index in [1.54, 1.807) is 6.07 Å². The van der Waals surface area contributed by atoms with Gasteiger partial charge >= 0.3 is 0 Å². The highest BCUT2D eigenvalue weighted by atomic mass is 35.5. The summed E-state index contributed by atoms with van der Waals surface area (Å²) in [5.74, 6) is 1.03. The van der Waals surface area contributed by atoms with Crippen molar-refractivity contribution in [3.63, 3.8) is 0 Å². The van der Waals surface area contributed by atoms with Crippen molar-refractivity contribution in [3.05, 3.63) is 17.9 Å². The number of nitrogens with zero attached hydrogens (tertiary/aromatic N) is 1. The van der Waals surface area contributed by atoms with Gasteiger partial charge in [-0.3, -0.25) is 0 Å². The minimum atomic E-state index is -3.53. The number of rotatable bonds is 3. The number of sulfonamides is 1. The van der Waals surface area contributed by atoms with Gasteiger partial charge in [0.1, 0.15) is 5.76 Å². The van der Waals surface area contributed by atoms with Crippen LogP contribution in [0.5, 0.6) is 0 Å². The second-order valence-electron chi connectivity index (χ2n) is 4.83. The summed E-state index contributed by atoms with van der Waals surface area (Å²) in [6.07, 6.45) is 1.96. The van der Waals surface area contributed by atoms with E-state index in [0.29, 0.717) is 18.2 Å². The molecule has 0 N–H and O–H groups in total. The second kappa shape index (κ2) is 5.23. The van der Waals surface area contributed by atoms with Gasteiger partial charge in [-0.25, -0.2) is 8.42 Å². The lowest BCUT2D eigenvalue weighted by Gasteiger charge is -2.36. The van der Waals surface area contributed by atoms with Crippen LogP contribution in [0.4, 0.5) is 0 Å². The van der Waals surface area contributed by atoms with Gasteiger partial charge in [0.2, 0.25) is 5.09 Å². The van der Waals surface area contributed by atoms with Crippen LogP contribution in [-0.4, -0.2) is 25.3 Å². The van der Waals surface area contributed by atoms with Crippen molar-refractivity contribution < 1.29 is 12.8 Å². The van der Waals surface area contributed by atoms with Crippen LogP contribution in [0.15, 0.2) is 21.6 Å². The molecule has 1 aromatic rings. The molecular weight excluding hydrogens is 274 g/mol. The molecular formula is C12H18ClNO3S. The summed E-state index contributed by atoms with van der Waals surface area (Å²) in [5.41, 5.74) is 0. The molecule has 0 radical (unpaired) electrons. The molecule has 4 nitrogen and oxygen atoms in total. The maximum atomic E-state index is 12.5. The van der Waals surface area contributed by atoms with Gasteiger partial charge in [0.05, 0.1) is 5.88 Å². The smallest absolute Gasteiger partial charge is 0.276 e. The summed E-state index contributed by atoms with van der Waals surface area (Å²) in [6, 6.07) is 3.10. The van der Waals surface area contributed by atoms with E-state index >= 15 is 0 Å². The van der Waals surface area contributed by atoms with Crippen LogP contribution in [0.3, 0.4) is 0 Å². The van der Waals surface area contributed by atoms with Crippen molar-refractivity contribution in [1.82, 2.24) is 4.31 Å². The molecule has 1 fully saturated rings. The van der Waals surface area contributed by atoms with Crippen molar-refractivity contribution in [2.24, 2.45) is 5.92 Å². The number of furan rings is 1. The lowest BCUT2D eigenvalue weighted by atomic mass is 9.94. The summed E-state index contributed by atoms with van der Waals surface area (Å²) < 4.78 is 31.7. The zero-order chi connectivity index (χ0) is 13.3. The molecule has 0 bridgehead atoms. The number of alkyl halides is 1. The molecule has 2 rings (SSSR count). The summed E-state index contributed by atoms with van der Waals surface area (Å²) in [5, 5.41) is -0.000833. The zero-order valence-electron chi connectivity index (χ0n) is 10.6. The van der Waals surface area contributed by atoms with Crippen LogP contribution in [0.2, 0.25) is 0 Å². The first kappa shape index (κ1) is 13.9. The second-order valence-corrected chi connectivity index (χ2v) is 6.92. The molecule has 1 aromatic heterocycles. The van der Waals surface area contributed by atoms with E-state index < -0.39 is 10.0 Å². The van der Waals surface area contributed by atoms with Gasteiger partial charge in [0, 0.05) is 12.6 Å². The van der Waals surface area contributed by atoms with Gasteiger partial charge in [-0.2, -0.15) is 4.31 Å². The topological polar surface area (TPSA) is 50.5 Å². The molecule has 2 heterocycles. The van der Waals surface area contributed by atoms with Gasteiger partial charge in [-0.05, 0) is 37.8 Å². The minimum absolute atomic E-state index is 0.000833. The first-order valence-electron chi connectivity index (χ1n) is 6.13. The summed E-state index contributed by atoms with van der Waals surface area (Å²) in [4.78, 5) is 0. The predicted molar refractivity (Wildman–Crippen MR) is 70.0 cm³/mol. The molecule has 1 aliphatic rings. The molecule has 1 aliphatic heterocycles. The molecule has 0 amide bonds. The number of piperidine rings is 1. The van der Waals surface area contributed by atoms with Crippen molar-refractivity contribution in [2.75, 3.05) is 6.54 Å². The number of hydrogen-bond donors (Lipinski definition) is 0. The van der Waals surface area contributed by atoms with Gasteiger partial charge in [-0.15, -0.1) is 11.6 Å². The largest absolute Gasteiger partial charge is 0.447 e. The Morgan fingerprint density at radius 3 is 2.78 bits per heavy atom. The summed E-state index contributed by atoms with van der Waals surface area (Å²) >= 11 is 5.63. The molecule has 102 valence electrons. The average molecular weight is 292 g/mol. The highest BCUT2D eigenvalue weighted by Crippen LogP contribution is 2.29. The van der Waals surface area contributed by atoms with Gasteiger partial charge in [-0.1, -0.05) is 6.92 Å². The van der Waals surface area contributed by atoms with E-state index in [-0.39, 0.29) is 17.0 Å². The molecule has 0 saturated carbocycles. The SMILES string of the molecule is CC1CCCN(S(=O)(=O)c2ccc(CCl)o2)C1C. The monoisotopic (exact) mass is 291 g/mol. The van der Waals surface area contributed by atoms with Crippen molar-refractivity contribution in [2.45, 2.75) is 43.7 Å². The third-order valence-electron chi connectivity index (χ3n) is 3.65. The normalized spacial score (nSPS) is 26.4. The van der Waals surface area contributed by atoms with Crippen molar-refractivity contribution >= 4 is 21.6 Å². The Hall–Kier alpha value is -0.520. The van der Waals surface area contributed by atoms with Crippen molar-refractivity contribution in [3.8, 4) is 0 Å². The van der Waals surface area contributed by atoms with Crippen LogP contribution < -0.4 is 0 Å². The predicted octanol–water partition coefficient (Wildman–Crippen LogP) is 2.83. The van der Waals surface area contributed by atoms with E-state index in [4.69, 9.17) is 16.0 Å². The Morgan fingerprint density at radius 2 is 2.17 bits per heavy atom.